The quantitative estimate of drug-likeness (QED) is 0.873. The Morgan fingerprint density at radius 2 is 2.24 bits per heavy atom. The van der Waals surface area contributed by atoms with E-state index < -0.39 is 11.6 Å². The van der Waals surface area contributed by atoms with Gasteiger partial charge in [0.25, 0.3) is 0 Å². The number of nitrogens with zero attached hydrogens (tertiary/aromatic N) is 1. The molecule has 0 amide bonds. The van der Waals surface area contributed by atoms with Crippen molar-refractivity contribution < 1.29 is 15.0 Å². The van der Waals surface area contributed by atoms with Gasteiger partial charge < -0.3 is 10.2 Å². The zero-order valence-corrected chi connectivity index (χ0v) is 9.94. The van der Waals surface area contributed by atoms with Gasteiger partial charge in [-0.15, -0.1) is 11.3 Å². The number of carbonyl (C=O) groups is 1. The first-order chi connectivity index (χ1) is 8.03. The Bertz CT molecular complexity index is 534. The Balaban J connectivity index is 2.52. The van der Waals surface area contributed by atoms with Gasteiger partial charge in [0, 0.05) is 18.0 Å². The minimum atomic E-state index is -1.34. The van der Waals surface area contributed by atoms with Gasteiger partial charge in [0.15, 0.2) is 0 Å². The van der Waals surface area contributed by atoms with Gasteiger partial charge in [0.2, 0.25) is 0 Å². The highest BCUT2D eigenvalue weighted by molar-refractivity contribution is 7.10. The van der Waals surface area contributed by atoms with Crippen LogP contribution in [0.3, 0.4) is 0 Å². The van der Waals surface area contributed by atoms with Crippen LogP contribution in [0.4, 0.5) is 0 Å². The van der Waals surface area contributed by atoms with Gasteiger partial charge in [-0.25, -0.2) is 4.79 Å². The molecule has 0 radical (unpaired) electrons. The molecule has 0 aliphatic carbocycles. The molecular formula is C12H11NO3S. The fourth-order valence-corrected chi connectivity index (χ4v) is 2.61. The molecule has 0 saturated carbocycles. The van der Waals surface area contributed by atoms with Crippen LogP contribution in [0.2, 0.25) is 0 Å². The number of carboxylic acid groups (broad SMARTS) is 1. The molecule has 2 aromatic rings. The highest BCUT2D eigenvalue weighted by Crippen LogP contribution is 2.34. The van der Waals surface area contributed by atoms with Crippen LogP contribution < -0.4 is 0 Å². The number of rotatable bonds is 3. The van der Waals surface area contributed by atoms with E-state index in [-0.39, 0.29) is 5.56 Å². The maximum Gasteiger partial charge on any atom is 0.336 e. The zero-order chi connectivity index (χ0) is 12.5. The lowest BCUT2D eigenvalue weighted by Gasteiger charge is -2.22. The van der Waals surface area contributed by atoms with Crippen LogP contribution in [0.15, 0.2) is 36.0 Å². The standard InChI is InChI=1S/C12H11NO3S/c1-12(16,8-3-2-5-13-7-8)10-9(11(14)15)4-6-17-10/h2-7,16H,1H3,(H,14,15). The molecule has 0 aliphatic heterocycles. The maximum atomic E-state index is 11.0. The van der Waals surface area contributed by atoms with Crippen LogP contribution >= 0.6 is 11.3 Å². The Morgan fingerprint density at radius 1 is 1.47 bits per heavy atom. The first-order valence-corrected chi connectivity index (χ1v) is 5.85. The molecule has 2 N–H and O–H groups in total. The molecule has 0 aliphatic rings. The number of pyridine rings is 1. The summed E-state index contributed by atoms with van der Waals surface area (Å²) in [6.45, 7) is 1.57. The van der Waals surface area contributed by atoms with E-state index in [0.29, 0.717) is 10.4 Å². The lowest BCUT2D eigenvalue weighted by molar-refractivity contribution is 0.0674. The Morgan fingerprint density at radius 3 is 2.82 bits per heavy atom. The number of hydrogen-bond donors (Lipinski definition) is 2. The minimum absolute atomic E-state index is 0.129. The van der Waals surface area contributed by atoms with Gasteiger partial charge >= 0.3 is 5.97 Å². The molecule has 2 heterocycles. The Kier molecular flexibility index (Phi) is 2.95. The van der Waals surface area contributed by atoms with Crippen molar-refractivity contribution in [1.82, 2.24) is 4.98 Å². The molecule has 88 valence electrons. The van der Waals surface area contributed by atoms with E-state index in [0.717, 1.165) is 0 Å². The normalized spacial score (nSPS) is 14.2. The molecule has 5 heteroatoms. The summed E-state index contributed by atoms with van der Waals surface area (Å²) in [4.78, 5) is 15.4. The smallest absolute Gasteiger partial charge is 0.336 e. The second-order valence-corrected chi connectivity index (χ2v) is 4.70. The fraction of sp³-hybridized carbons (Fsp3) is 0.167. The molecule has 0 bridgehead atoms. The third-order valence-corrected chi connectivity index (χ3v) is 3.69. The molecule has 2 rings (SSSR count). The number of aromatic carboxylic acids is 1. The number of thiophene rings is 1. The lowest BCUT2D eigenvalue weighted by atomic mass is 9.93. The molecule has 0 fully saturated rings. The first kappa shape index (κ1) is 11.8. The third kappa shape index (κ3) is 2.07. The van der Waals surface area contributed by atoms with Gasteiger partial charge in [-0.2, -0.15) is 0 Å². The molecule has 4 nitrogen and oxygen atoms in total. The second-order valence-electron chi connectivity index (χ2n) is 3.78. The number of aromatic nitrogens is 1. The van der Waals surface area contributed by atoms with Crippen LogP contribution in [0.5, 0.6) is 0 Å². The van der Waals surface area contributed by atoms with Crippen LogP contribution in [0.1, 0.15) is 27.7 Å². The van der Waals surface area contributed by atoms with E-state index in [1.54, 1.807) is 30.6 Å². The number of aliphatic hydroxyl groups is 1. The van der Waals surface area contributed by atoms with Gasteiger partial charge in [0.05, 0.1) is 10.4 Å². The third-order valence-electron chi connectivity index (χ3n) is 2.56. The molecule has 0 aromatic carbocycles. The summed E-state index contributed by atoms with van der Waals surface area (Å²) in [6, 6.07) is 4.92. The molecule has 2 aromatic heterocycles. The predicted octanol–water partition coefficient (Wildman–Crippen LogP) is 2.10. The summed E-state index contributed by atoms with van der Waals surface area (Å²) in [5, 5.41) is 21.2. The summed E-state index contributed by atoms with van der Waals surface area (Å²) in [7, 11) is 0. The predicted molar refractivity (Wildman–Crippen MR) is 64.2 cm³/mol. The molecule has 1 unspecified atom stereocenters. The van der Waals surface area contributed by atoms with Gasteiger partial charge in [-0.3, -0.25) is 4.98 Å². The zero-order valence-electron chi connectivity index (χ0n) is 9.12. The van der Waals surface area contributed by atoms with Gasteiger partial charge in [-0.1, -0.05) is 6.07 Å². The van der Waals surface area contributed by atoms with Crippen molar-refractivity contribution >= 4 is 17.3 Å². The van der Waals surface area contributed by atoms with Crippen LogP contribution in [-0.4, -0.2) is 21.2 Å². The van der Waals surface area contributed by atoms with Crippen LogP contribution in [0.25, 0.3) is 0 Å². The minimum Gasteiger partial charge on any atom is -0.478 e. The summed E-state index contributed by atoms with van der Waals surface area (Å²) in [5.41, 5.74) is -0.635. The molecule has 0 spiro atoms. The number of carboxylic acids is 1. The van der Waals surface area contributed by atoms with Crippen LogP contribution in [-0.2, 0) is 5.60 Å². The summed E-state index contributed by atoms with van der Waals surface area (Å²) in [5.74, 6) is -1.04. The Labute approximate surface area is 102 Å². The highest BCUT2D eigenvalue weighted by Gasteiger charge is 2.31. The van der Waals surface area contributed by atoms with Crippen molar-refractivity contribution in [1.29, 1.82) is 0 Å². The molecule has 0 saturated heterocycles. The van der Waals surface area contributed by atoms with Gasteiger partial charge in [-0.05, 0) is 24.4 Å². The summed E-state index contributed by atoms with van der Waals surface area (Å²) in [6.07, 6.45) is 3.14. The molecule has 17 heavy (non-hydrogen) atoms. The van der Waals surface area contributed by atoms with Crippen molar-refractivity contribution in [2.24, 2.45) is 0 Å². The monoisotopic (exact) mass is 249 g/mol. The summed E-state index contributed by atoms with van der Waals surface area (Å²) < 4.78 is 0. The Hall–Kier alpha value is -1.72. The van der Waals surface area contributed by atoms with Crippen molar-refractivity contribution in [2.45, 2.75) is 12.5 Å². The van der Waals surface area contributed by atoms with E-state index in [1.165, 1.54) is 23.6 Å². The highest BCUT2D eigenvalue weighted by atomic mass is 32.1. The van der Waals surface area contributed by atoms with E-state index in [1.807, 2.05) is 0 Å². The molecular weight excluding hydrogens is 238 g/mol. The first-order valence-electron chi connectivity index (χ1n) is 4.97. The van der Waals surface area contributed by atoms with Crippen molar-refractivity contribution in [3.8, 4) is 0 Å². The lowest BCUT2D eigenvalue weighted by Crippen LogP contribution is -2.24. The SMILES string of the molecule is CC(O)(c1cccnc1)c1sccc1C(=O)O. The van der Waals surface area contributed by atoms with Crippen molar-refractivity contribution in [3.63, 3.8) is 0 Å². The average Bonchev–Trinajstić information content (AvgIpc) is 2.80. The van der Waals surface area contributed by atoms with E-state index >= 15 is 0 Å². The van der Waals surface area contributed by atoms with Crippen molar-refractivity contribution in [3.05, 3.63) is 52.0 Å². The maximum absolute atomic E-state index is 11.0. The van der Waals surface area contributed by atoms with E-state index in [2.05, 4.69) is 4.98 Å². The second kappa shape index (κ2) is 4.27. The summed E-state index contributed by atoms with van der Waals surface area (Å²) >= 11 is 1.22. The van der Waals surface area contributed by atoms with Crippen LogP contribution in [0, 0.1) is 0 Å². The fourth-order valence-electron chi connectivity index (χ4n) is 1.64. The van der Waals surface area contributed by atoms with E-state index in [9.17, 15) is 9.90 Å². The largest absolute Gasteiger partial charge is 0.478 e. The van der Waals surface area contributed by atoms with Crippen molar-refractivity contribution in [2.75, 3.05) is 0 Å². The van der Waals surface area contributed by atoms with Gasteiger partial charge in [0.1, 0.15) is 5.60 Å². The van der Waals surface area contributed by atoms with E-state index in [4.69, 9.17) is 5.11 Å². The number of hydrogen-bond acceptors (Lipinski definition) is 4. The molecule has 1 atom stereocenters. The topological polar surface area (TPSA) is 70.4 Å². The average molecular weight is 249 g/mol.